The molecule has 3 unspecified atom stereocenters. The molecule has 2 bridgehead atoms. The average molecular weight is 262 g/mol. The second-order valence-corrected chi connectivity index (χ2v) is 5.92. The number of anilines is 2. The average Bonchev–Trinajstić information content (AvgIpc) is 2.95. The maximum atomic E-state index is 12.9. The molecule has 19 heavy (non-hydrogen) atoms. The van der Waals surface area contributed by atoms with Crippen LogP contribution in [-0.4, -0.2) is 5.91 Å². The van der Waals surface area contributed by atoms with Crippen molar-refractivity contribution in [3.8, 4) is 0 Å². The van der Waals surface area contributed by atoms with Crippen LogP contribution in [0.5, 0.6) is 0 Å². The van der Waals surface area contributed by atoms with E-state index in [0.717, 1.165) is 11.8 Å². The van der Waals surface area contributed by atoms with Crippen molar-refractivity contribution in [2.24, 2.45) is 17.8 Å². The van der Waals surface area contributed by atoms with Crippen LogP contribution in [-0.2, 0) is 4.79 Å². The van der Waals surface area contributed by atoms with E-state index in [2.05, 4.69) is 5.32 Å². The monoisotopic (exact) mass is 262 g/mol. The van der Waals surface area contributed by atoms with Crippen molar-refractivity contribution in [1.29, 1.82) is 0 Å². The Balaban J connectivity index is 1.59. The van der Waals surface area contributed by atoms with E-state index in [-0.39, 0.29) is 17.4 Å². The van der Waals surface area contributed by atoms with Gasteiger partial charge in [-0.1, -0.05) is 6.42 Å². The fraction of sp³-hybridized carbons (Fsp3) is 0.533. The van der Waals surface area contributed by atoms with Crippen molar-refractivity contribution in [3.63, 3.8) is 0 Å². The minimum Gasteiger partial charge on any atom is -0.397 e. The largest absolute Gasteiger partial charge is 0.397 e. The summed E-state index contributed by atoms with van der Waals surface area (Å²) in [5.74, 6) is 1.72. The summed E-state index contributed by atoms with van der Waals surface area (Å²) in [6.07, 6.45) is 5.68. The summed E-state index contributed by atoms with van der Waals surface area (Å²) >= 11 is 0. The summed E-state index contributed by atoms with van der Waals surface area (Å²) in [4.78, 5) is 12.0. The number of amides is 1. The van der Waals surface area contributed by atoms with Crippen LogP contribution in [0.25, 0.3) is 0 Å². The number of halogens is 1. The number of nitrogens with one attached hydrogen (secondary N) is 1. The first-order valence-electron chi connectivity index (χ1n) is 6.96. The Morgan fingerprint density at radius 3 is 2.84 bits per heavy atom. The van der Waals surface area contributed by atoms with E-state index in [1.807, 2.05) is 0 Å². The van der Waals surface area contributed by atoms with Gasteiger partial charge >= 0.3 is 0 Å². The third-order valence-electron chi connectivity index (χ3n) is 4.62. The molecule has 1 amide bonds. The second kappa shape index (κ2) is 4.83. The van der Waals surface area contributed by atoms with Gasteiger partial charge in [0, 0.05) is 6.42 Å². The van der Waals surface area contributed by atoms with Crippen LogP contribution in [0.2, 0.25) is 0 Å². The van der Waals surface area contributed by atoms with Crippen LogP contribution in [0, 0.1) is 23.6 Å². The lowest BCUT2D eigenvalue weighted by Crippen LogP contribution is -2.20. The molecule has 0 saturated heterocycles. The lowest BCUT2D eigenvalue weighted by Gasteiger charge is -2.21. The predicted octanol–water partition coefficient (Wildman–Crippen LogP) is 3.17. The maximum Gasteiger partial charge on any atom is 0.224 e. The molecule has 0 aromatic heterocycles. The van der Waals surface area contributed by atoms with E-state index >= 15 is 0 Å². The molecule has 0 spiro atoms. The van der Waals surface area contributed by atoms with E-state index in [1.54, 1.807) is 0 Å². The van der Waals surface area contributed by atoms with Crippen molar-refractivity contribution >= 4 is 17.3 Å². The number of hydrogen-bond acceptors (Lipinski definition) is 2. The third-order valence-corrected chi connectivity index (χ3v) is 4.62. The fourth-order valence-corrected chi connectivity index (χ4v) is 3.71. The molecule has 3 N–H and O–H groups in total. The van der Waals surface area contributed by atoms with E-state index in [0.29, 0.717) is 18.0 Å². The van der Waals surface area contributed by atoms with Gasteiger partial charge in [-0.25, -0.2) is 4.39 Å². The highest BCUT2D eigenvalue weighted by Crippen LogP contribution is 2.49. The Hall–Kier alpha value is -1.58. The molecule has 2 aliphatic carbocycles. The molecule has 4 heteroatoms. The van der Waals surface area contributed by atoms with E-state index in [1.165, 1.54) is 43.9 Å². The summed E-state index contributed by atoms with van der Waals surface area (Å²) in [6.45, 7) is 0. The maximum absolute atomic E-state index is 12.9. The Bertz CT molecular complexity index is 503. The standard InChI is InChI=1S/C15H19FN2O/c16-12-3-4-14(13(17)8-12)18-15(19)7-11-6-9-1-2-10(11)5-9/h3-4,8-11H,1-2,5-7,17H2,(H,18,19). The number of carbonyl (C=O) groups excluding carboxylic acids is 1. The molecule has 0 heterocycles. The van der Waals surface area contributed by atoms with Gasteiger partial charge in [-0.15, -0.1) is 0 Å². The van der Waals surface area contributed by atoms with E-state index < -0.39 is 0 Å². The predicted molar refractivity (Wildman–Crippen MR) is 73.0 cm³/mol. The topological polar surface area (TPSA) is 55.1 Å². The van der Waals surface area contributed by atoms with Crippen LogP contribution in [0.4, 0.5) is 15.8 Å². The minimum absolute atomic E-state index is 0.00384. The van der Waals surface area contributed by atoms with E-state index in [9.17, 15) is 9.18 Å². The number of nitrogens with two attached hydrogens (primary N) is 1. The highest BCUT2D eigenvalue weighted by atomic mass is 19.1. The summed E-state index contributed by atoms with van der Waals surface area (Å²) in [6, 6.07) is 4.06. The Morgan fingerprint density at radius 2 is 2.21 bits per heavy atom. The molecule has 102 valence electrons. The number of fused-ring (bicyclic) bond motifs is 2. The molecule has 3 nitrogen and oxygen atoms in total. The molecule has 2 fully saturated rings. The van der Waals surface area contributed by atoms with Gasteiger partial charge in [0.2, 0.25) is 5.91 Å². The number of benzene rings is 1. The van der Waals surface area contributed by atoms with Gasteiger partial charge in [-0.05, 0) is 55.2 Å². The SMILES string of the molecule is Nc1cc(F)ccc1NC(=O)CC1CC2CCC1C2. The summed E-state index contributed by atoms with van der Waals surface area (Å²) in [5, 5.41) is 2.79. The molecule has 1 aromatic rings. The number of nitrogen functional groups attached to an aromatic ring is 1. The Kier molecular flexibility index (Phi) is 3.17. The van der Waals surface area contributed by atoms with Crippen molar-refractivity contribution in [3.05, 3.63) is 24.0 Å². The van der Waals surface area contributed by atoms with Crippen LogP contribution >= 0.6 is 0 Å². The van der Waals surface area contributed by atoms with Crippen LogP contribution in [0.1, 0.15) is 32.1 Å². The van der Waals surface area contributed by atoms with Gasteiger partial charge in [-0.3, -0.25) is 4.79 Å². The second-order valence-electron chi connectivity index (χ2n) is 5.92. The lowest BCUT2D eigenvalue weighted by atomic mass is 9.86. The molecular weight excluding hydrogens is 243 g/mol. The van der Waals surface area contributed by atoms with Crippen molar-refractivity contribution in [2.75, 3.05) is 11.1 Å². The zero-order chi connectivity index (χ0) is 13.4. The van der Waals surface area contributed by atoms with Crippen molar-refractivity contribution < 1.29 is 9.18 Å². The van der Waals surface area contributed by atoms with Gasteiger partial charge in [0.05, 0.1) is 11.4 Å². The highest BCUT2D eigenvalue weighted by Gasteiger charge is 2.40. The molecule has 1 aromatic carbocycles. The first-order valence-corrected chi connectivity index (χ1v) is 6.96. The zero-order valence-electron chi connectivity index (χ0n) is 10.9. The van der Waals surface area contributed by atoms with Gasteiger partial charge in [0.1, 0.15) is 5.82 Å². The summed E-state index contributed by atoms with van der Waals surface area (Å²) in [5.41, 5.74) is 6.47. The minimum atomic E-state index is -0.386. The number of hydrogen-bond donors (Lipinski definition) is 2. The van der Waals surface area contributed by atoms with E-state index in [4.69, 9.17) is 5.73 Å². The molecule has 0 aliphatic heterocycles. The smallest absolute Gasteiger partial charge is 0.224 e. The van der Waals surface area contributed by atoms with Gasteiger partial charge in [0.25, 0.3) is 0 Å². The van der Waals surface area contributed by atoms with Gasteiger partial charge < -0.3 is 11.1 Å². The van der Waals surface area contributed by atoms with Crippen molar-refractivity contribution in [1.82, 2.24) is 0 Å². The third kappa shape index (κ3) is 2.57. The number of rotatable bonds is 3. The molecule has 2 aliphatic rings. The van der Waals surface area contributed by atoms with Crippen LogP contribution in [0.15, 0.2) is 18.2 Å². The fourth-order valence-electron chi connectivity index (χ4n) is 3.71. The first-order chi connectivity index (χ1) is 9.11. The van der Waals surface area contributed by atoms with Crippen molar-refractivity contribution in [2.45, 2.75) is 32.1 Å². The molecule has 3 rings (SSSR count). The lowest BCUT2D eigenvalue weighted by molar-refractivity contribution is -0.117. The first kappa shape index (κ1) is 12.5. The summed E-state index contributed by atoms with van der Waals surface area (Å²) in [7, 11) is 0. The number of carbonyl (C=O) groups is 1. The van der Waals surface area contributed by atoms with Crippen LogP contribution in [0.3, 0.4) is 0 Å². The molecule has 0 radical (unpaired) electrons. The zero-order valence-corrected chi connectivity index (χ0v) is 10.9. The molecule has 3 atom stereocenters. The summed E-state index contributed by atoms with van der Waals surface area (Å²) < 4.78 is 12.9. The van der Waals surface area contributed by atoms with Gasteiger partial charge in [0.15, 0.2) is 0 Å². The quantitative estimate of drug-likeness (QED) is 0.822. The Morgan fingerprint density at radius 1 is 1.37 bits per heavy atom. The molecule has 2 saturated carbocycles. The Labute approximate surface area is 112 Å². The highest BCUT2D eigenvalue weighted by molar-refractivity contribution is 5.93. The molecular formula is C15H19FN2O. The van der Waals surface area contributed by atoms with Crippen LogP contribution < -0.4 is 11.1 Å². The van der Waals surface area contributed by atoms with Gasteiger partial charge in [-0.2, -0.15) is 0 Å². The normalized spacial score (nSPS) is 28.6.